The molecule has 76 valence electrons. The van der Waals surface area contributed by atoms with Crippen molar-refractivity contribution in [1.29, 1.82) is 0 Å². The molecule has 0 fully saturated rings. The summed E-state index contributed by atoms with van der Waals surface area (Å²) in [6.45, 7) is 0. The van der Waals surface area contributed by atoms with E-state index in [2.05, 4.69) is 0 Å². The number of aromatic carboxylic acids is 1. The van der Waals surface area contributed by atoms with Crippen LogP contribution in [0.2, 0.25) is 0 Å². The van der Waals surface area contributed by atoms with Gasteiger partial charge in [0.2, 0.25) is 0 Å². The number of hydrogen-bond acceptors (Lipinski definition) is 3. The van der Waals surface area contributed by atoms with Crippen LogP contribution in [0.1, 0.15) is 10.4 Å². The van der Waals surface area contributed by atoms with Crippen molar-refractivity contribution in [3.63, 3.8) is 0 Å². The van der Waals surface area contributed by atoms with E-state index < -0.39 is 5.97 Å². The molecule has 0 aliphatic carbocycles. The molecule has 0 spiro atoms. The predicted octanol–water partition coefficient (Wildman–Crippen LogP) is 2.70. The molecule has 0 radical (unpaired) electrons. The van der Waals surface area contributed by atoms with E-state index >= 15 is 0 Å². The van der Waals surface area contributed by atoms with Gasteiger partial charge in [0.1, 0.15) is 0 Å². The molecular weight excluding hydrogens is 210 g/mol. The highest BCUT2D eigenvalue weighted by molar-refractivity contribution is 7.13. The lowest BCUT2D eigenvalue weighted by atomic mass is 10.1. The van der Waals surface area contributed by atoms with Gasteiger partial charge in [0.25, 0.3) is 0 Å². The van der Waals surface area contributed by atoms with Crippen LogP contribution in [0.4, 0.5) is 5.69 Å². The Morgan fingerprint density at radius 1 is 1.33 bits per heavy atom. The first kappa shape index (κ1) is 9.73. The van der Waals surface area contributed by atoms with E-state index in [-0.39, 0.29) is 0 Å². The highest BCUT2D eigenvalue weighted by Crippen LogP contribution is 2.31. The van der Waals surface area contributed by atoms with E-state index in [0.29, 0.717) is 11.3 Å². The largest absolute Gasteiger partial charge is 0.478 e. The van der Waals surface area contributed by atoms with Crippen LogP contribution in [0, 0.1) is 0 Å². The van der Waals surface area contributed by atoms with Crippen molar-refractivity contribution in [2.45, 2.75) is 0 Å². The Labute approximate surface area is 90.8 Å². The number of carboxylic acid groups (broad SMARTS) is 1. The number of thiophene rings is 1. The summed E-state index contributed by atoms with van der Waals surface area (Å²) in [4.78, 5) is 11.6. The summed E-state index contributed by atoms with van der Waals surface area (Å²) < 4.78 is 0. The normalized spacial score (nSPS) is 10.1. The Morgan fingerprint density at radius 3 is 2.67 bits per heavy atom. The monoisotopic (exact) mass is 219 g/mol. The Balaban J connectivity index is 2.46. The molecule has 1 heterocycles. The van der Waals surface area contributed by atoms with Crippen LogP contribution < -0.4 is 5.73 Å². The summed E-state index contributed by atoms with van der Waals surface area (Å²) >= 11 is 1.38. The van der Waals surface area contributed by atoms with Crippen molar-refractivity contribution in [3.05, 3.63) is 41.3 Å². The molecule has 2 aromatic rings. The molecule has 1 aromatic heterocycles. The van der Waals surface area contributed by atoms with Gasteiger partial charge in [-0.2, -0.15) is 0 Å². The van der Waals surface area contributed by atoms with Gasteiger partial charge in [-0.15, -0.1) is 11.3 Å². The minimum atomic E-state index is -0.910. The number of anilines is 1. The molecule has 4 heteroatoms. The van der Waals surface area contributed by atoms with Crippen molar-refractivity contribution in [2.75, 3.05) is 5.73 Å². The van der Waals surface area contributed by atoms with Gasteiger partial charge >= 0.3 is 5.97 Å². The second-order valence-electron chi connectivity index (χ2n) is 3.09. The van der Waals surface area contributed by atoms with Crippen molar-refractivity contribution in [3.8, 4) is 10.4 Å². The third kappa shape index (κ3) is 1.85. The van der Waals surface area contributed by atoms with E-state index in [1.165, 1.54) is 11.3 Å². The van der Waals surface area contributed by atoms with Gasteiger partial charge in [-0.05, 0) is 12.1 Å². The standard InChI is InChI=1S/C11H9NO2S/c12-9-4-2-1-3-8(9)10-5-7(6-15-10)11(13)14/h1-6H,12H2,(H,13,14). The average Bonchev–Trinajstić information content (AvgIpc) is 2.67. The summed E-state index contributed by atoms with van der Waals surface area (Å²) in [5.41, 5.74) is 7.65. The molecular formula is C11H9NO2S. The molecule has 0 bridgehead atoms. The summed E-state index contributed by atoms with van der Waals surface area (Å²) in [6, 6.07) is 9.05. The Kier molecular flexibility index (Phi) is 2.43. The van der Waals surface area contributed by atoms with Crippen LogP contribution in [0.25, 0.3) is 10.4 Å². The van der Waals surface area contributed by atoms with Crippen molar-refractivity contribution in [2.24, 2.45) is 0 Å². The van der Waals surface area contributed by atoms with Gasteiger partial charge in [-0.1, -0.05) is 18.2 Å². The van der Waals surface area contributed by atoms with Gasteiger partial charge in [-0.25, -0.2) is 4.79 Å². The minimum absolute atomic E-state index is 0.304. The third-order valence-electron chi connectivity index (χ3n) is 2.07. The van der Waals surface area contributed by atoms with Crippen LogP contribution in [0.5, 0.6) is 0 Å². The fraction of sp³-hybridized carbons (Fsp3) is 0. The number of nitrogens with two attached hydrogens (primary N) is 1. The number of carboxylic acids is 1. The maximum atomic E-state index is 10.7. The average molecular weight is 219 g/mol. The zero-order valence-electron chi connectivity index (χ0n) is 7.81. The van der Waals surface area contributed by atoms with E-state index in [9.17, 15) is 4.79 Å². The van der Waals surface area contributed by atoms with Crippen molar-refractivity contribution < 1.29 is 9.90 Å². The highest BCUT2D eigenvalue weighted by Gasteiger charge is 2.09. The maximum absolute atomic E-state index is 10.7. The number of rotatable bonds is 2. The van der Waals surface area contributed by atoms with E-state index in [1.807, 2.05) is 18.2 Å². The molecule has 15 heavy (non-hydrogen) atoms. The quantitative estimate of drug-likeness (QED) is 0.763. The second kappa shape index (κ2) is 3.74. The predicted molar refractivity (Wildman–Crippen MR) is 61.1 cm³/mol. The van der Waals surface area contributed by atoms with Gasteiger partial charge in [0.15, 0.2) is 0 Å². The first-order valence-electron chi connectivity index (χ1n) is 4.35. The van der Waals surface area contributed by atoms with Crippen LogP contribution in [0.15, 0.2) is 35.7 Å². The SMILES string of the molecule is Nc1ccccc1-c1cc(C(=O)O)cs1. The van der Waals surface area contributed by atoms with Gasteiger partial charge in [0.05, 0.1) is 5.56 Å². The zero-order valence-corrected chi connectivity index (χ0v) is 8.62. The summed E-state index contributed by atoms with van der Waals surface area (Å²) in [7, 11) is 0. The van der Waals surface area contributed by atoms with Crippen LogP contribution >= 0.6 is 11.3 Å². The highest BCUT2D eigenvalue weighted by atomic mass is 32.1. The zero-order chi connectivity index (χ0) is 10.8. The summed E-state index contributed by atoms with van der Waals surface area (Å²) in [5.74, 6) is -0.910. The van der Waals surface area contributed by atoms with Gasteiger partial charge in [0, 0.05) is 21.5 Å². The van der Waals surface area contributed by atoms with E-state index in [0.717, 1.165) is 10.4 Å². The van der Waals surface area contributed by atoms with Crippen molar-refractivity contribution >= 4 is 23.0 Å². The first-order chi connectivity index (χ1) is 7.18. The number of nitrogen functional groups attached to an aromatic ring is 1. The molecule has 3 nitrogen and oxygen atoms in total. The molecule has 0 atom stereocenters. The third-order valence-corrected chi connectivity index (χ3v) is 3.04. The molecule has 0 amide bonds. The molecule has 0 unspecified atom stereocenters. The Hall–Kier alpha value is -1.81. The molecule has 2 rings (SSSR count). The smallest absolute Gasteiger partial charge is 0.336 e. The fourth-order valence-electron chi connectivity index (χ4n) is 1.31. The Bertz CT molecular complexity index is 505. The first-order valence-corrected chi connectivity index (χ1v) is 5.23. The maximum Gasteiger partial charge on any atom is 0.336 e. The molecule has 0 saturated carbocycles. The van der Waals surface area contributed by atoms with Crippen LogP contribution in [0.3, 0.4) is 0 Å². The Morgan fingerprint density at radius 2 is 2.07 bits per heavy atom. The van der Waals surface area contributed by atoms with Crippen LogP contribution in [-0.2, 0) is 0 Å². The molecule has 0 aliphatic heterocycles. The molecule has 0 saturated heterocycles. The number of hydrogen-bond donors (Lipinski definition) is 2. The number of benzene rings is 1. The van der Waals surface area contributed by atoms with Crippen LogP contribution in [-0.4, -0.2) is 11.1 Å². The fourth-order valence-corrected chi connectivity index (χ4v) is 2.24. The topological polar surface area (TPSA) is 63.3 Å². The van der Waals surface area contributed by atoms with E-state index in [1.54, 1.807) is 17.5 Å². The number of carbonyl (C=O) groups is 1. The van der Waals surface area contributed by atoms with E-state index in [4.69, 9.17) is 10.8 Å². The summed E-state index contributed by atoms with van der Waals surface area (Å²) in [5, 5.41) is 10.4. The van der Waals surface area contributed by atoms with Gasteiger partial charge < -0.3 is 10.8 Å². The second-order valence-corrected chi connectivity index (χ2v) is 4.00. The lowest BCUT2D eigenvalue weighted by Gasteiger charge is -2.00. The minimum Gasteiger partial charge on any atom is -0.478 e. The van der Waals surface area contributed by atoms with Gasteiger partial charge in [-0.3, -0.25) is 0 Å². The van der Waals surface area contributed by atoms with Crippen molar-refractivity contribution in [1.82, 2.24) is 0 Å². The summed E-state index contributed by atoms with van der Waals surface area (Å²) in [6.07, 6.45) is 0. The molecule has 0 aliphatic rings. The molecule has 3 N–H and O–H groups in total. The lowest BCUT2D eigenvalue weighted by Crippen LogP contribution is -1.92. The molecule has 1 aromatic carbocycles. The lowest BCUT2D eigenvalue weighted by molar-refractivity contribution is 0.0697. The number of para-hydroxylation sites is 1.